The maximum atomic E-state index is 13.8. The van der Waals surface area contributed by atoms with Crippen LogP contribution in [0, 0.1) is 5.82 Å². The van der Waals surface area contributed by atoms with Gasteiger partial charge in [-0.1, -0.05) is 42.5 Å². The summed E-state index contributed by atoms with van der Waals surface area (Å²) in [7, 11) is 0. The number of carbonyl (C=O) groups excluding carboxylic acids is 2. The number of aliphatic hydroxyl groups is 1. The summed E-state index contributed by atoms with van der Waals surface area (Å²) in [6, 6.07) is 14.5. The molecule has 1 aliphatic heterocycles. The molecule has 26 heavy (non-hydrogen) atoms. The zero-order chi connectivity index (χ0) is 18.5. The molecule has 2 aromatic carbocycles. The van der Waals surface area contributed by atoms with Gasteiger partial charge < -0.3 is 15.3 Å². The normalized spacial score (nSPS) is 16.2. The molecule has 1 unspecified atom stereocenters. The summed E-state index contributed by atoms with van der Waals surface area (Å²) in [5.74, 6) is -1.31. The second-order valence-electron chi connectivity index (χ2n) is 6.37. The number of aliphatic hydroxyl groups excluding tert-OH is 1. The first-order valence-corrected chi connectivity index (χ1v) is 8.63. The molecule has 1 heterocycles. The number of carbonyl (C=O) groups is 2. The average Bonchev–Trinajstić information content (AvgIpc) is 2.68. The Hall–Kier alpha value is -2.73. The fraction of sp³-hybridized carbons (Fsp3) is 0.300. The molecular formula is C20H21FN2O3. The van der Waals surface area contributed by atoms with Gasteiger partial charge in [0.1, 0.15) is 5.82 Å². The summed E-state index contributed by atoms with van der Waals surface area (Å²) in [5, 5.41) is 12.9. The fourth-order valence-electron chi connectivity index (χ4n) is 3.10. The van der Waals surface area contributed by atoms with Crippen molar-refractivity contribution in [1.82, 2.24) is 10.2 Å². The van der Waals surface area contributed by atoms with E-state index in [2.05, 4.69) is 5.32 Å². The van der Waals surface area contributed by atoms with Crippen LogP contribution < -0.4 is 5.32 Å². The van der Waals surface area contributed by atoms with Crippen LogP contribution in [-0.4, -0.2) is 41.0 Å². The van der Waals surface area contributed by atoms with Crippen LogP contribution in [0.1, 0.15) is 34.9 Å². The first kappa shape index (κ1) is 18.1. The van der Waals surface area contributed by atoms with Gasteiger partial charge in [-0.15, -0.1) is 0 Å². The van der Waals surface area contributed by atoms with Crippen molar-refractivity contribution in [2.24, 2.45) is 0 Å². The van der Waals surface area contributed by atoms with Gasteiger partial charge in [0.25, 0.3) is 11.8 Å². The maximum absolute atomic E-state index is 13.8. The molecule has 3 rings (SSSR count). The number of nitrogens with zero attached hydrogens (tertiary/aromatic N) is 1. The number of halogens is 1. The van der Waals surface area contributed by atoms with Crippen molar-refractivity contribution in [1.29, 1.82) is 0 Å². The molecule has 1 saturated heterocycles. The number of rotatable bonds is 4. The van der Waals surface area contributed by atoms with Crippen molar-refractivity contribution in [2.45, 2.75) is 25.0 Å². The van der Waals surface area contributed by atoms with Crippen molar-refractivity contribution in [2.75, 3.05) is 13.1 Å². The second kappa shape index (κ2) is 8.10. The third-order valence-electron chi connectivity index (χ3n) is 4.60. The van der Waals surface area contributed by atoms with E-state index in [4.69, 9.17) is 0 Å². The molecule has 2 N–H and O–H groups in total. The lowest BCUT2D eigenvalue weighted by atomic mass is 10.0. The highest BCUT2D eigenvalue weighted by atomic mass is 19.1. The molecule has 2 aromatic rings. The van der Waals surface area contributed by atoms with Crippen molar-refractivity contribution in [3.05, 3.63) is 71.5 Å². The molecule has 0 spiro atoms. The Balaban J connectivity index is 1.53. The molecule has 5 nitrogen and oxygen atoms in total. The third-order valence-corrected chi connectivity index (χ3v) is 4.60. The van der Waals surface area contributed by atoms with E-state index in [1.165, 1.54) is 12.1 Å². The molecule has 0 saturated carbocycles. The van der Waals surface area contributed by atoms with E-state index >= 15 is 0 Å². The molecule has 6 heteroatoms. The highest BCUT2D eigenvalue weighted by Gasteiger charge is 2.27. The lowest BCUT2D eigenvalue weighted by Crippen LogP contribution is -2.47. The van der Waals surface area contributed by atoms with Crippen molar-refractivity contribution in [3.63, 3.8) is 0 Å². The van der Waals surface area contributed by atoms with Crippen LogP contribution in [0.15, 0.2) is 54.6 Å². The Morgan fingerprint density at radius 1 is 1.04 bits per heavy atom. The number of hydrogen-bond acceptors (Lipinski definition) is 3. The minimum atomic E-state index is -1.21. The standard InChI is InChI=1S/C20H21FN2O3/c21-17-9-5-4-8-16(17)20(26)23-12-10-15(11-13-23)22-19(25)18(24)14-6-2-1-3-7-14/h1-9,15,18,24H,10-13H2,(H,22,25). The quantitative estimate of drug-likeness (QED) is 0.883. The second-order valence-corrected chi connectivity index (χ2v) is 6.37. The average molecular weight is 356 g/mol. The van der Waals surface area contributed by atoms with Crippen LogP contribution in [0.2, 0.25) is 0 Å². The van der Waals surface area contributed by atoms with Crippen LogP contribution in [0.25, 0.3) is 0 Å². The van der Waals surface area contributed by atoms with Crippen molar-refractivity contribution < 1.29 is 19.1 Å². The Bertz CT molecular complexity index is 774. The summed E-state index contributed by atoms with van der Waals surface area (Å²) in [5.41, 5.74) is 0.603. The van der Waals surface area contributed by atoms with Gasteiger partial charge in [0.05, 0.1) is 5.56 Å². The van der Waals surface area contributed by atoms with Crippen LogP contribution in [0.3, 0.4) is 0 Å². The van der Waals surface area contributed by atoms with Crippen molar-refractivity contribution in [3.8, 4) is 0 Å². The molecule has 136 valence electrons. The van der Waals surface area contributed by atoms with Crippen LogP contribution >= 0.6 is 0 Å². The third kappa shape index (κ3) is 4.08. The highest BCUT2D eigenvalue weighted by Crippen LogP contribution is 2.18. The number of piperidine rings is 1. The van der Waals surface area contributed by atoms with Gasteiger partial charge in [-0.05, 0) is 30.5 Å². The number of amides is 2. The zero-order valence-corrected chi connectivity index (χ0v) is 14.3. The summed E-state index contributed by atoms with van der Waals surface area (Å²) in [6.45, 7) is 0.860. The minimum absolute atomic E-state index is 0.0643. The minimum Gasteiger partial charge on any atom is -0.378 e. The Kier molecular flexibility index (Phi) is 5.63. The van der Waals surface area contributed by atoms with Gasteiger partial charge in [0.15, 0.2) is 6.10 Å². The van der Waals surface area contributed by atoms with Gasteiger partial charge in [-0.2, -0.15) is 0 Å². The maximum Gasteiger partial charge on any atom is 0.256 e. The molecule has 1 fully saturated rings. The van der Waals surface area contributed by atoms with Crippen LogP contribution in [0.4, 0.5) is 4.39 Å². The van der Waals surface area contributed by atoms with E-state index in [-0.39, 0.29) is 17.5 Å². The molecule has 0 radical (unpaired) electrons. The number of nitrogens with one attached hydrogen (secondary N) is 1. The molecule has 0 aromatic heterocycles. The topological polar surface area (TPSA) is 69.6 Å². The predicted octanol–water partition coefficient (Wildman–Crippen LogP) is 2.28. The molecule has 0 bridgehead atoms. The van der Waals surface area contributed by atoms with E-state index in [1.807, 2.05) is 6.07 Å². The molecule has 1 atom stereocenters. The zero-order valence-electron chi connectivity index (χ0n) is 14.3. The van der Waals surface area contributed by atoms with E-state index in [1.54, 1.807) is 41.3 Å². The molecule has 0 aliphatic carbocycles. The first-order chi connectivity index (χ1) is 12.6. The summed E-state index contributed by atoms with van der Waals surface area (Å²) in [4.78, 5) is 26.2. The van der Waals surface area contributed by atoms with Gasteiger partial charge in [0.2, 0.25) is 0 Å². The van der Waals surface area contributed by atoms with Gasteiger partial charge >= 0.3 is 0 Å². The smallest absolute Gasteiger partial charge is 0.256 e. The summed E-state index contributed by atoms with van der Waals surface area (Å²) in [6.07, 6.45) is -0.0878. The van der Waals surface area contributed by atoms with Gasteiger partial charge in [0, 0.05) is 19.1 Å². The Labute approximate surface area is 151 Å². The van der Waals surface area contributed by atoms with Crippen molar-refractivity contribution >= 4 is 11.8 Å². The lowest BCUT2D eigenvalue weighted by Gasteiger charge is -2.33. The predicted molar refractivity (Wildman–Crippen MR) is 94.9 cm³/mol. The molecule has 1 aliphatic rings. The lowest BCUT2D eigenvalue weighted by molar-refractivity contribution is -0.130. The van der Waals surface area contributed by atoms with Crippen LogP contribution in [-0.2, 0) is 4.79 Å². The Morgan fingerprint density at radius 3 is 2.31 bits per heavy atom. The van der Waals surface area contributed by atoms with Gasteiger partial charge in [-0.3, -0.25) is 9.59 Å². The summed E-state index contributed by atoms with van der Waals surface area (Å²) >= 11 is 0. The molecule has 2 amide bonds. The first-order valence-electron chi connectivity index (χ1n) is 8.63. The van der Waals surface area contributed by atoms with E-state index < -0.39 is 17.8 Å². The Morgan fingerprint density at radius 2 is 1.65 bits per heavy atom. The number of hydrogen-bond donors (Lipinski definition) is 2. The number of likely N-dealkylation sites (tertiary alicyclic amines) is 1. The van der Waals surface area contributed by atoms with Gasteiger partial charge in [-0.25, -0.2) is 4.39 Å². The number of benzene rings is 2. The molecular weight excluding hydrogens is 335 g/mol. The van der Waals surface area contributed by atoms with Crippen LogP contribution in [0.5, 0.6) is 0 Å². The largest absolute Gasteiger partial charge is 0.378 e. The monoisotopic (exact) mass is 356 g/mol. The summed E-state index contributed by atoms with van der Waals surface area (Å²) < 4.78 is 13.8. The fourth-order valence-corrected chi connectivity index (χ4v) is 3.10. The SMILES string of the molecule is O=C(NC1CCN(C(=O)c2ccccc2F)CC1)C(O)c1ccccc1. The highest BCUT2D eigenvalue weighted by molar-refractivity contribution is 5.94. The van der Waals surface area contributed by atoms with E-state index in [0.717, 1.165) is 0 Å². The van der Waals surface area contributed by atoms with E-state index in [9.17, 15) is 19.1 Å². The van der Waals surface area contributed by atoms with E-state index in [0.29, 0.717) is 31.5 Å².